The van der Waals surface area contributed by atoms with Crippen LogP contribution in [0.2, 0.25) is 5.02 Å². The first-order valence-electron chi connectivity index (χ1n) is 7.79. The van der Waals surface area contributed by atoms with Crippen molar-refractivity contribution in [3.05, 3.63) is 65.2 Å². The van der Waals surface area contributed by atoms with Crippen LogP contribution in [0.4, 0.5) is 0 Å². The van der Waals surface area contributed by atoms with Crippen LogP contribution in [0, 0.1) is 0 Å². The largest absolute Gasteiger partial charge is 0.257 e. The third-order valence-corrected chi connectivity index (χ3v) is 4.03. The summed E-state index contributed by atoms with van der Waals surface area (Å²) >= 11 is 6.12. The number of hydrogen-bond acceptors (Lipinski definition) is 3. The lowest BCUT2D eigenvalue weighted by Crippen LogP contribution is -2.00. The summed E-state index contributed by atoms with van der Waals surface area (Å²) in [6.45, 7) is 4.19. The number of nitrogens with zero attached hydrogens (tertiary/aromatic N) is 3. The van der Waals surface area contributed by atoms with Crippen molar-refractivity contribution in [1.82, 2.24) is 15.0 Å². The van der Waals surface area contributed by atoms with Gasteiger partial charge in [0.15, 0.2) is 0 Å². The molecule has 3 rings (SSSR count). The fourth-order valence-corrected chi connectivity index (χ4v) is 2.85. The first kappa shape index (κ1) is 15.6. The highest BCUT2D eigenvalue weighted by Crippen LogP contribution is 2.28. The summed E-state index contributed by atoms with van der Waals surface area (Å²) in [4.78, 5) is 13.7. The number of aromatic nitrogens is 3. The Hall–Kier alpha value is -2.26. The predicted octanol–water partition coefficient (Wildman–Crippen LogP) is 4.98. The molecule has 0 N–H and O–H groups in total. The summed E-state index contributed by atoms with van der Waals surface area (Å²) in [5.41, 5.74) is 5.94. The summed E-state index contributed by atoms with van der Waals surface area (Å²) in [5.74, 6) is 0. The maximum atomic E-state index is 6.12. The zero-order valence-corrected chi connectivity index (χ0v) is 14.0. The molecule has 2 aromatic heterocycles. The average molecular weight is 324 g/mol. The monoisotopic (exact) mass is 323 g/mol. The summed E-state index contributed by atoms with van der Waals surface area (Å²) in [6.07, 6.45) is 5.12. The van der Waals surface area contributed by atoms with Crippen molar-refractivity contribution < 1.29 is 0 Å². The van der Waals surface area contributed by atoms with E-state index in [1.807, 2.05) is 24.3 Å². The van der Waals surface area contributed by atoms with Gasteiger partial charge in [-0.2, -0.15) is 0 Å². The van der Waals surface area contributed by atoms with Gasteiger partial charge in [-0.25, -0.2) is 0 Å². The number of benzene rings is 1. The molecule has 0 saturated heterocycles. The van der Waals surface area contributed by atoms with E-state index >= 15 is 0 Å². The molecule has 0 radical (unpaired) electrons. The smallest absolute Gasteiger partial charge is 0.110 e. The zero-order valence-electron chi connectivity index (χ0n) is 13.3. The van der Waals surface area contributed by atoms with Crippen molar-refractivity contribution >= 4 is 11.6 Å². The third kappa shape index (κ3) is 3.25. The number of pyridine rings is 1. The number of hydrogen-bond donors (Lipinski definition) is 0. The van der Waals surface area contributed by atoms with Crippen LogP contribution in [0.15, 0.2) is 48.8 Å². The van der Waals surface area contributed by atoms with E-state index in [-0.39, 0.29) is 0 Å². The van der Waals surface area contributed by atoms with Gasteiger partial charge in [0.2, 0.25) is 0 Å². The lowest BCUT2D eigenvalue weighted by molar-refractivity contribution is 0.986. The highest BCUT2D eigenvalue weighted by Gasteiger charge is 2.12. The molecule has 0 aliphatic heterocycles. The molecule has 0 aliphatic rings. The van der Waals surface area contributed by atoms with E-state index in [2.05, 4.69) is 35.9 Å². The van der Waals surface area contributed by atoms with Gasteiger partial charge in [0.05, 0.1) is 11.4 Å². The molecule has 0 atom stereocenters. The average Bonchev–Trinajstić information content (AvgIpc) is 2.61. The number of rotatable bonds is 4. The molecule has 4 heteroatoms. The van der Waals surface area contributed by atoms with E-state index in [9.17, 15) is 0 Å². The van der Waals surface area contributed by atoms with Crippen molar-refractivity contribution in [3.8, 4) is 22.5 Å². The van der Waals surface area contributed by atoms with Crippen molar-refractivity contribution in [3.63, 3.8) is 0 Å². The highest BCUT2D eigenvalue weighted by atomic mass is 35.5. The van der Waals surface area contributed by atoms with Gasteiger partial charge in [-0.3, -0.25) is 15.0 Å². The van der Waals surface area contributed by atoms with Crippen LogP contribution in [0.25, 0.3) is 22.5 Å². The van der Waals surface area contributed by atoms with E-state index < -0.39 is 0 Å². The Morgan fingerprint density at radius 1 is 0.913 bits per heavy atom. The maximum Gasteiger partial charge on any atom is 0.110 e. The molecule has 116 valence electrons. The van der Waals surface area contributed by atoms with Crippen LogP contribution in [0.5, 0.6) is 0 Å². The Kier molecular flexibility index (Phi) is 4.68. The lowest BCUT2D eigenvalue weighted by atomic mass is 10.0. The van der Waals surface area contributed by atoms with E-state index in [1.165, 1.54) is 0 Å². The molecule has 3 nitrogen and oxygen atoms in total. The standard InChI is InChI=1S/C19H18ClN3/c1-3-16-15(13-6-5-7-14(20)12-13)8-9-18(23-16)19-17(4-2)21-10-11-22-19/h5-12H,3-4H2,1-2H3. The molecule has 0 spiro atoms. The molecule has 1 aromatic carbocycles. The fraction of sp³-hybridized carbons (Fsp3) is 0.211. The molecular weight excluding hydrogens is 306 g/mol. The van der Waals surface area contributed by atoms with E-state index in [4.69, 9.17) is 16.6 Å². The second-order valence-electron chi connectivity index (χ2n) is 5.26. The molecule has 23 heavy (non-hydrogen) atoms. The summed E-state index contributed by atoms with van der Waals surface area (Å²) < 4.78 is 0. The Morgan fingerprint density at radius 3 is 2.43 bits per heavy atom. The van der Waals surface area contributed by atoms with Gasteiger partial charge in [0, 0.05) is 28.7 Å². The van der Waals surface area contributed by atoms with E-state index in [0.717, 1.165) is 51.8 Å². The zero-order chi connectivity index (χ0) is 16.2. The molecular formula is C19H18ClN3. The van der Waals surface area contributed by atoms with E-state index in [1.54, 1.807) is 12.4 Å². The summed E-state index contributed by atoms with van der Waals surface area (Å²) in [6, 6.07) is 12.0. The van der Waals surface area contributed by atoms with Crippen molar-refractivity contribution in [2.75, 3.05) is 0 Å². The second-order valence-corrected chi connectivity index (χ2v) is 5.70. The van der Waals surface area contributed by atoms with Crippen LogP contribution in [-0.2, 0) is 12.8 Å². The van der Waals surface area contributed by atoms with Crippen LogP contribution in [0.1, 0.15) is 25.2 Å². The van der Waals surface area contributed by atoms with Crippen LogP contribution in [0.3, 0.4) is 0 Å². The van der Waals surface area contributed by atoms with Gasteiger partial charge in [-0.05, 0) is 36.6 Å². The van der Waals surface area contributed by atoms with Gasteiger partial charge in [0.1, 0.15) is 5.69 Å². The van der Waals surface area contributed by atoms with Crippen LogP contribution < -0.4 is 0 Å². The van der Waals surface area contributed by atoms with Crippen LogP contribution >= 0.6 is 11.6 Å². The van der Waals surface area contributed by atoms with Gasteiger partial charge in [0.25, 0.3) is 0 Å². The quantitative estimate of drug-likeness (QED) is 0.679. The Balaban J connectivity index is 2.10. The molecule has 0 amide bonds. The second kappa shape index (κ2) is 6.88. The number of halogens is 1. The predicted molar refractivity (Wildman–Crippen MR) is 94.5 cm³/mol. The number of aryl methyl sites for hydroxylation is 2. The summed E-state index contributed by atoms with van der Waals surface area (Å²) in [7, 11) is 0. The van der Waals surface area contributed by atoms with Crippen molar-refractivity contribution in [1.29, 1.82) is 0 Å². The minimum absolute atomic E-state index is 0.732. The molecule has 0 aliphatic carbocycles. The van der Waals surface area contributed by atoms with Crippen molar-refractivity contribution in [2.24, 2.45) is 0 Å². The minimum atomic E-state index is 0.732. The molecule has 0 saturated carbocycles. The van der Waals surface area contributed by atoms with Gasteiger partial charge >= 0.3 is 0 Å². The molecule has 2 heterocycles. The van der Waals surface area contributed by atoms with Crippen molar-refractivity contribution in [2.45, 2.75) is 26.7 Å². The van der Waals surface area contributed by atoms with E-state index in [0.29, 0.717) is 0 Å². The third-order valence-electron chi connectivity index (χ3n) is 3.80. The van der Waals surface area contributed by atoms with Gasteiger partial charge in [-0.15, -0.1) is 0 Å². The molecule has 0 unspecified atom stereocenters. The Morgan fingerprint density at radius 2 is 1.70 bits per heavy atom. The highest BCUT2D eigenvalue weighted by molar-refractivity contribution is 6.30. The lowest BCUT2D eigenvalue weighted by Gasteiger charge is -2.11. The molecule has 0 bridgehead atoms. The van der Waals surface area contributed by atoms with Gasteiger partial charge in [-0.1, -0.05) is 43.6 Å². The summed E-state index contributed by atoms with van der Waals surface area (Å²) in [5, 5.41) is 0.732. The van der Waals surface area contributed by atoms with Crippen LogP contribution in [-0.4, -0.2) is 15.0 Å². The Bertz CT molecular complexity index is 830. The Labute approximate surface area is 141 Å². The topological polar surface area (TPSA) is 38.7 Å². The first-order valence-corrected chi connectivity index (χ1v) is 8.16. The van der Waals surface area contributed by atoms with Gasteiger partial charge < -0.3 is 0 Å². The molecule has 0 fully saturated rings. The maximum absolute atomic E-state index is 6.12. The SMILES string of the molecule is CCc1nc(-c2nccnc2CC)ccc1-c1cccc(Cl)c1. The normalized spacial score (nSPS) is 10.7. The molecule has 3 aromatic rings. The fourth-order valence-electron chi connectivity index (χ4n) is 2.66. The minimum Gasteiger partial charge on any atom is -0.257 e. The first-order chi connectivity index (χ1) is 11.2.